The lowest BCUT2D eigenvalue weighted by Gasteiger charge is -2.31. The van der Waals surface area contributed by atoms with Gasteiger partial charge in [0.1, 0.15) is 11.8 Å². The molecule has 0 aromatic heterocycles. The van der Waals surface area contributed by atoms with Gasteiger partial charge in [0.2, 0.25) is 5.91 Å². The van der Waals surface area contributed by atoms with Crippen molar-refractivity contribution in [3.63, 3.8) is 0 Å². The SMILES string of the molecule is CC(C)c1ccc(OCC(=O)N(Cc2cccc(Cl)c2)[C@H](C)C(=O)NC2CCCCC2)cc1. The maximum Gasteiger partial charge on any atom is 0.261 e. The van der Waals surface area contributed by atoms with Crippen LogP contribution in [-0.4, -0.2) is 35.4 Å². The summed E-state index contributed by atoms with van der Waals surface area (Å²) in [6.45, 7) is 6.19. The molecule has 6 heteroatoms. The normalized spacial score (nSPS) is 15.2. The molecule has 3 rings (SSSR count). The quantitative estimate of drug-likeness (QED) is 0.510. The van der Waals surface area contributed by atoms with E-state index in [1.165, 1.54) is 12.0 Å². The molecule has 2 amide bonds. The summed E-state index contributed by atoms with van der Waals surface area (Å²) in [5.41, 5.74) is 2.08. The number of rotatable bonds is 9. The third-order valence-corrected chi connectivity index (χ3v) is 6.50. The van der Waals surface area contributed by atoms with Crippen LogP contribution in [0, 0.1) is 0 Å². The highest BCUT2D eigenvalue weighted by Crippen LogP contribution is 2.20. The molecule has 1 saturated carbocycles. The van der Waals surface area contributed by atoms with Crippen LogP contribution >= 0.6 is 11.6 Å². The Hall–Kier alpha value is -2.53. The van der Waals surface area contributed by atoms with E-state index in [2.05, 4.69) is 19.2 Å². The molecule has 1 atom stereocenters. The Morgan fingerprint density at radius 1 is 1.06 bits per heavy atom. The zero-order valence-electron chi connectivity index (χ0n) is 19.9. The molecule has 0 aliphatic heterocycles. The Morgan fingerprint density at radius 2 is 1.76 bits per heavy atom. The smallest absolute Gasteiger partial charge is 0.261 e. The second-order valence-corrected chi connectivity index (χ2v) is 9.62. The molecule has 0 bridgehead atoms. The van der Waals surface area contributed by atoms with Crippen LogP contribution in [-0.2, 0) is 16.1 Å². The predicted octanol–water partition coefficient (Wildman–Crippen LogP) is 5.71. The fraction of sp³-hybridized carbons (Fsp3) is 0.481. The van der Waals surface area contributed by atoms with E-state index in [0.29, 0.717) is 16.7 Å². The molecule has 2 aromatic carbocycles. The standard InChI is InChI=1S/C27H35ClN2O3/c1-19(2)22-12-14-25(15-13-22)33-18-26(31)30(17-21-8-7-9-23(28)16-21)20(3)27(32)29-24-10-5-4-6-11-24/h7-9,12-16,19-20,24H,4-6,10-11,17-18H2,1-3H3,(H,29,32)/t20-/m1/s1. The molecule has 1 aliphatic rings. The van der Waals surface area contributed by atoms with Gasteiger partial charge >= 0.3 is 0 Å². The number of halogens is 1. The lowest BCUT2D eigenvalue weighted by molar-refractivity contribution is -0.142. The highest BCUT2D eigenvalue weighted by Gasteiger charge is 2.28. The van der Waals surface area contributed by atoms with Crippen LogP contribution in [0.2, 0.25) is 5.02 Å². The van der Waals surface area contributed by atoms with E-state index < -0.39 is 6.04 Å². The highest BCUT2D eigenvalue weighted by atomic mass is 35.5. The van der Waals surface area contributed by atoms with Crippen LogP contribution in [0.15, 0.2) is 48.5 Å². The summed E-state index contributed by atoms with van der Waals surface area (Å²) in [7, 11) is 0. The van der Waals surface area contributed by atoms with Gasteiger partial charge in [0.15, 0.2) is 6.61 Å². The number of amides is 2. The van der Waals surface area contributed by atoms with Crippen LogP contribution in [0.3, 0.4) is 0 Å². The minimum atomic E-state index is -0.620. The molecule has 5 nitrogen and oxygen atoms in total. The van der Waals surface area contributed by atoms with Crippen LogP contribution in [0.4, 0.5) is 0 Å². The summed E-state index contributed by atoms with van der Waals surface area (Å²) >= 11 is 6.15. The van der Waals surface area contributed by atoms with Gasteiger partial charge in [-0.05, 0) is 61.1 Å². The minimum absolute atomic E-state index is 0.126. The molecule has 0 heterocycles. The molecule has 0 radical (unpaired) electrons. The number of hydrogen-bond acceptors (Lipinski definition) is 3. The van der Waals surface area contributed by atoms with Crippen LogP contribution in [0.1, 0.15) is 69.9 Å². The topological polar surface area (TPSA) is 58.6 Å². The van der Waals surface area contributed by atoms with Gasteiger partial charge in [0, 0.05) is 17.6 Å². The van der Waals surface area contributed by atoms with Crippen LogP contribution < -0.4 is 10.1 Å². The lowest BCUT2D eigenvalue weighted by Crippen LogP contribution is -2.51. The van der Waals surface area contributed by atoms with Gasteiger partial charge in [0.05, 0.1) is 0 Å². The zero-order chi connectivity index (χ0) is 23.8. The Kier molecular flexibility index (Phi) is 9.19. The van der Waals surface area contributed by atoms with Gasteiger partial charge in [-0.2, -0.15) is 0 Å². The minimum Gasteiger partial charge on any atom is -0.484 e. The number of hydrogen-bond donors (Lipinski definition) is 1. The van der Waals surface area contributed by atoms with E-state index in [1.54, 1.807) is 17.9 Å². The van der Waals surface area contributed by atoms with Crippen molar-refractivity contribution < 1.29 is 14.3 Å². The van der Waals surface area contributed by atoms with Crippen molar-refractivity contribution in [3.8, 4) is 5.75 Å². The molecule has 1 N–H and O–H groups in total. The van der Waals surface area contributed by atoms with Gasteiger partial charge in [-0.25, -0.2) is 0 Å². The largest absolute Gasteiger partial charge is 0.484 e. The number of nitrogens with one attached hydrogen (secondary N) is 1. The second kappa shape index (κ2) is 12.1. The third kappa shape index (κ3) is 7.50. The first-order chi connectivity index (χ1) is 15.8. The summed E-state index contributed by atoms with van der Waals surface area (Å²) in [6.07, 6.45) is 5.48. The zero-order valence-corrected chi connectivity index (χ0v) is 20.6. The van der Waals surface area contributed by atoms with E-state index in [1.807, 2.05) is 42.5 Å². The average molecular weight is 471 g/mol. The number of ether oxygens (including phenoxy) is 1. The molecule has 1 fully saturated rings. The number of benzene rings is 2. The maximum absolute atomic E-state index is 13.2. The number of nitrogens with zero attached hydrogens (tertiary/aromatic N) is 1. The number of carbonyl (C=O) groups excluding carboxylic acids is 2. The predicted molar refractivity (Wildman–Crippen MR) is 133 cm³/mol. The fourth-order valence-electron chi connectivity index (χ4n) is 4.16. The van der Waals surface area contributed by atoms with Crippen LogP contribution in [0.5, 0.6) is 5.75 Å². The van der Waals surface area contributed by atoms with Gasteiger partial charge in [-0.15, -0.1) is 0 Å². The summed E-state index contributed by atoms with van der Waals surface area (Å²) in [6, 6.07) is 14.7. The van der Waals surface area contributed by atoms with Crippen molar-refractivity contribution in [1.82, 2.24) is 10.2 Å². The van der Waals surface area contributed by atoms with Gasteiger partial charge in [-0.1, -0.05) is 69.0 Å². The van der Waals surface area contributed by atoms with Crippen molar-refractivity contribution in [3.05, 3.63) is 64.7 Å². The number of carbonyl (C=O) groups is 2. The fourth-order valence-corrected chi connectivity index (χ4v) is 4.37. The van der Waals surface area contributed by atoms with Gasteiger partial charge < -0.3 is 15.0 Å². The Bertz CT molecular complexity index is 923. The molecule has 1 aliphatic carbocycles. The molecule has 0 spiro atoms. The van der Waals surface area contributed by atoms with Crippen LogP contribution in [0.25, 0.3) is 0 Å². The van der Waals surface area contributed by atoms with Gasteiger partial charge in [-0.3, -0.25) is 9.59 Å². The van der Waals surface area contributed by atoms with Gasteiger partial charge in [0.25, 0.3) is 5.91 Å². The monoisotopic (exact) mass is 470 g/mol. The van der Waals surface area contributed by atoms with E-state index in [4.69, 9.17) is 16.3 Å². The molecule has 178 valence electrons. The third-order valence-electron chi connectivity index (χ3n) is 6.27. The highest BCUT2D eigenvalue weighted by molar-refractivity contribution is 6.30. The van der Waals surface area contributed by atoms with E-state index in [-0.39, 0.29) is 31.0 Å². The van der Waals surface area contributed by atoms with E-state index in [9.17, 15) is 9.59 Å². The Balaban J connectivity index is 1.69. The lowest BCUT2D eigenvalue weighted by atomic mass is 9.95. The molecule has 0 unspecified atom stereocenters. The first kappa shape index (κ1) is 25.1. The van der Waals surface area contributed by atoms with E-state index in [0.717, 1.165) is 31.2 Å². The molecule has 33 heavy (non-hydrogen) atoms. The maximum atomic E-state index is 13.2. The van der Waals surface area contributed by atoms with Crippen molar-refractivity contribution in [2.45, 2.75) is 77.4 Å². The summed E-state index contributed by atoms with van der Waals surface area (Å²) in [4.78, 5) is 27.8. The molecular formula is C27H35ClN2O3. The summed E-state index contributed by atoms with van der Waals surface area (Å²) < 4.78 is 5.78. The summed E-state index contributed by atoms with van der Waals surface area (Å²) in [5, 5.41) is 3.74. The molecule has 0 saturated heterocycles. The van der Waals surface area contributed by atoms with Crippen molar-refractivity contribution in [2.24, 2.45) is 0 Å². The Labute approximate surface area is 202 Å². The van der Waals surface area contributed by atoms with E-state index >= 15 is 0 Å². The van der Waals surface area contributed by atoms with Crippen molar-refractivity contribution in [1.29, 1.82) is 0 Å². The molecular weight excluding hydrogens is 436 g/mol. The average Bonchev–Trinajstić information content (AvgIpc) is 2.81. The Morgan fingerprint density at radius 3 is 2.39 bits per heavy atom. The molecule has 2 aromatic rings. The van der Waals surface area contributed by atoms with Crippen molar-refractivity contribution in [2.75, 3.05) is 6.61 Å². The van der Waals surface area contributed by atoms with Crippen molar-refractivity contribution >= 4 is 23.4 Å². The summed E-state index contributed by atoms with van der Waals surface area (Å²) in [5.74, 6) is 0.694. The first-order valence-electron chi connectivity index (χ1n) is 11.9. The second-order valence-electron chi connectivity index (χ2n) is 9.18. The first-order valence-corrected chi connectivity index (χ1v) is 12.3.